The van der Waals surface area contributed by atoms with Gasteiger partial charge in [-0.05, 0) is 22.3 Å². The Bertz CT molecular complexity index is 333. The lowest BCUT2D eigenvalue weighted by atomic mass is 9.98. The highest BCUT2D eigenvalue weighted by molar-refractivity contribution is 5.67. The first-order valence-corrected chi connectivity index (χ1v) is 3.95. The summed E-state index contributed by atoms with van der Waals surface area (Å²) in [5.74, 6) is 0. The van der Waals surface area contributed by atoms with E-state index in [1.807, 2.05) is 24.3 Å². The van der Waals surface area contributed by atoms with E-state index in [0.29, 0.717) is 0 Å². The molecule has 2 rings (SSSR count). The number of rotatable bonds is 1. The number of allylic oxidation sites excluding steroid dienone is 10. The molecule has 0 saturated carbocycles. The van der Waals surface area contributed by atoms with Crippen molar-refractivity contribution in [3.05, 3.63) is 71.9 Å². The SMILES string of the molecule is C=C1C=CC=C1C1=CC=CC1=C. The van der Waals surface area contributed by atoms with E-state index >= 15 is 0 Å². The van der Waals surface area contributed by atoms with Gasteiger partial charge < -0.3 is 0 Å². The molecule has 0 aliphatic heterocycles. The van der Waals surface area contributed by atoms with Gasteiger partial charge in [0.2, 0.25) is 0 Å². The minimum atomic E-state index is 1.08. The zero-order valence-electron chi connectivity index (χ0n) is 6.88. The van der Waals surface area contributed by atoms with Gasteiger partial charge in [-0.3, -0.25) is 0 Å². The monoisotopic (exact) mass is 154 g/mol. The summed E-state index contributed by atoms with van der Waals surface area (Å²) in [6.45, 7) is 7.90. The van der Waals surface area contributed by atoms with Crippen LogP contribution in [-0.4, -0.2) is 0 Å². The molecule has 0 unspecified atom stereocenters. The van der Waals surface area contributed by atoms with Gasteiger partial charge in [-0.2, -0.15) is 0 Å². The average molecular weight is 154 g/mol. The van der Waals surface area contributed by atoms with Crippen LogP contribution < -0.4 is 0 Å². The van der Waals surface area contributed by atoms with E-state index in [4.69, 9.17) is 0 Å². The van der Waals surface area contributed by atoms with E-state index in [1.54, 1.807) is 0 Å². The first-order valence-electron chi connectivity index (χ1n) is 3.95. The summed E-state index contributed by atoms with van der Waals surface area (Å²) in [4.78, 5) is 0. The number of hydrogen-bond acceptors (Lipinski definition) is 0. The fourth-order valence-electron chi connectivity index (χ4n) is 1.44. The molecule has 0 heteroatoms. The standard InChI is InChI=1S/C12H10/c1-9-5-3-7-11(9)12-8-4-6-10(12)2/h3-8H,1-2H2. The van der Waals surface area contributed by atoms with Gasteiger partial charge in [-0.25, -0.2) is 0 Å². The highest BCUT2D eigenvalue weighted by Crippen LogP contribution is 2.31. The summed E-state index contributed by atoms with van der Waals surface area (Å²) < 4.78 is 0. The summed E-state index contributed by atoms with van der Waals surface area (Å²) >= 11 is 0. The van der Waals surface area contributed by atoms with E-state index in [9.17, 15) is 0 Å². The Labute approximate surface area is 72.6 Å². The van der Waals surface area contributed by atoms with Crippen LogP contribution in [0.25, 0.3) is 0 Å². The molecule has 0 spiro atoms. The second-order valence-electron chi connectivity index (χ2n) is 2.93. The van der Waals surface area contributed by atoms with Gasteiger partial charge in [-0.1, -0.05) is 49.6 Å². The molecule has 0 bridgehead atoms. The Hall–Kier alpha value is -1.56. The summed E-state index contributed by atoms with van der Waals surface area (Å²) in [5, 5.41) is 0. The van der Waals surface area contributed by atoms with Gasteiger partial charge in [0.05, 0.1) is 0 Å². The third-order valence-electron chi connectivity index (χ3n) is 2.10. The lowest BCUT2D eigenvalue weighted by molar-refractivity contribution is 1.49. The second-order valence-corrected chi connectivity index (χ2v) is 2.93. The molecular formula is C12H10. The van der Waals surface area contributed by atoms with Crippen LogP contribution in [0, 0.1) is 0 Å². The fourth-order valence-corrected chi connectivity index (χ4v) is 1.44. The van der Waals surface area contributed by atoms with Gasteiger partial charge in [0.1, 0.15) is 0 Å². The molecule has 0 saturated heterocycles. The Morgan fingerprint density at radius 2 is 1.17 bits per heavy atom. The predicted molar refractivity (Wildman–Crippen MR) is 52.7 cm³/mol. The molecule has 2 aliphatic rings. The Balaban J connectivity index is 2.35. The van der Waals surface area contributed by atoms with Gasteiger partial charge in [0.15, 0.2) is 0 Å². The van der Waals surface area contributed by atoms with Crippen molar-refractivity contribution in [1.82, 2.24) is 0 Å². The molecule has 0 radical (unpaired) electrons. The van der Waals surface area contributed by atoms with Crippen molar-refractivity contribution in [1.29, 1.82) is 0 Å². The molecule has 0 nitrogen and oxygen atoms in total. The zero-order valence-corrected chi connectivity index (χ0v) is 6.88. The molecule has 0 N–H and O–H groups in total. The maximum Gasteiger partial charge on any atom is -0.0112 e. The number of hydrogen-bond donors (Lipinski definition) is 0. The van der Waals surface area contributed by atoms with Gasteiger partial charge in [0, 0.05) is 0 Å². The molecule has 2 aliphatic carbocycles. The van der Waals surface area contributed by atoms with Crippen LogP contribution in [0.4, 0.5) is 0 Å². The molecule has 12 heavy (non-hydrogen) atoms. The largest absolute Gasteiger partial charge is 0.0911 e. The average Bonchev–Trinajstić information content (AvgIpc) is 2.59. The molecule has 0 heterocycles. The van der Waals surface area contributed by atoms with Crippen molar-refractivity contribution < 1.29 is 0 Å². The van der Waals surface area contributed by atoms with Crippen LogP contribution in [-0.2, 0) is 0 Å². The molecule has 58 valence electrons. The van der Waals surface area contributed by atoms with E-state index in [-0.39, 0.29) is 0 Å². The van der Waals surface area contributed by atoms with Crippen molar-refractivity contribution in [2.45, 2.75) is 0 Å². The third kappa shape index (κ3) is 0.928. The van der Waals surface area contributed by atoms with Crippen molar-refractivity contribution in [3.63, 3.8) is 0 Å². The topological polar surface area (TPSA) is 0 Å². The smallest absolute Gasteiger partial charge is 0.0112 e. The van der Waals surface area contributed by atoms with Crippen LogP contribution in [0.2, 0.25) is 0 Å². The molecular weight excluding hydrogens is 144 g/mol. The second kappa shape index (κ2) is 2.49. The maximum absolute atomic E-state index is 3.95. The molecule has 0 fully saturated rings. The lowest BCUT2D eigenvalue weighted by Gasteiger charge is -2.05. The molecule has 0 aromatic heterocycles. The van der Waals surface area contributed by atoms with Crippen molar-refractivity contribution in [2.75, 3.05) is 0 Å². The first kappa shape index (κ1) is 7.11. The van der Waals surface area contributed by atoms with Crippen LogP contribution in [0.5, 0.6) is 0 Å². The summed E-state index contributed by atoms with van der Waals surface area (Å²) in [5.41, 5.74) is 4.55. The summed E-state index contributed by atoms with van der Waals surface area (Å²) in [6, 6.07) is 0. The third-order valence-corrected chi connectivity index (χ3v) is 2.10. The van der Waals surface area contributed by atoms with E-state index in [0.717, 1.165) is 11.1 Å². The highest BCUT2D eigenvalue weighted by atomic mass is 14.2. The van der Waals surface area contributed by atoms with Crippen molar-refractivity contribution in [3.8, 4) is 0 Å². The van der Waals surface area contributed by atoms with E-state index in [1.165, 1.54) is 11.1 Å². The van der Waals surface area contributed by atoms with Gasteiger partial charge in [0.25, 0.3) is 0 Å². The Kier molecular flexibility index (Phi) is 1.47. The highest BCUT2D eigenvalue weighted by Gasteiger charge is 2.12. The maximum atomic E-state index is 3.95. The minimum absolute atomic E-state index is 1.08. The first-order chi connectivity index (χ1) is 5.79. The van der Waals surface area contributed by atoms with Crippen molar-refractivity contribution >= 4 is 0 Å². The van der Waals surface area contributed by atoms with Crippen LogP contribution in [0.1, 0.15) is 0 Å². The van der Waals surface area contributed by atoms with Crippen LogP contribution in [0.3, 0.4) is 0 Å². The molecule has 0 amide bonds. The van der Waals surface area contributed by atoms with E-state index in [2.05, 4.69) is 25.3 Å². The Morgan fingerprint density at radius 1 is 0.750 bits per heavy atom. The minimum Gasteiger partial charge on any atom is -0.0911 e. The van der Waals surface area contributed by atoms with Crippen LogP contribution in [0.15, 0.2) is 71.9 Å². The quantitative estimate of drug-likeness (QED) is 0.544. The van der Waals surface area contributed by atoms with Gasteiger partial charge >= 0.3 is 0 Å². The molecule has 0 aromatic rings. The van der Waals surface area contributed by atoms with Crippen LogP contribution >= 0.6 is 0 Å². The normalized spacial score (nSPS) is 20.3. The lowest BCUT2D eigenvalue weighted by Crippen LogP contribution is -1.87. The Morgan fingerprint density at radius 3 is 1.42 bits per heavy atom. The molecule has 0 aromatic carbocycles. The van der Waals surface area contributed by atoms with Gasteiger partial charge in [-0.15, -0.1) is 0 Å². The molecule has 0 atom stereocenters. The summed E-state index contributed by atoms with van der Waals surface area (Å²) in [6.07, 6.45) is 12.2. The fraction of sp³-hybridized carbons (Fsp3) is 0. The van der Waals surface area contributed by atoms with E-state index < -0.39 is 0 Å². The van der Waals surface area contributed by atoms with Crippen molar-refractivity contribution in [2.24, 2.45) is 0 Å². The zero-order chi connectivity index (χ0) is 8.55. The predicted octanol–water partition coefficient (Wildman–Crippen LogP) is 3.09. The summed E-state index contributed by atoms with van der Waals surface area (Å²) in [7, 11) is 0.